The standard InChI is InChI=1S/C13H24N4/c1-3-9-17-10-8-15-12(17)11(16-14)13(2)6-4-5-7-13/h8,10-11,16H,3-7,9,14H2,1-2H3. The van der Waals surface area contributed by atoms with Crippen molar-refractivity contribution >= 4 is 0 Å². The summed E-state index contributed by atoms with van der Waals surface area (Å²) in [5, 5.41) is 0. The molecule has 0 bridgehead atoms. The molecule has 1 fully saturated rings. The summed E-state index contributed by atoms with van der Waals surface area (Å²) in [4.78, 5) is 4.52. The van der Waals surface area contributed by atoms with Crippen LogP contribution in [-0.2, 0) is 6.54 Å². The summed E-state index contributed by atoms with van der Waals surface area (Å²) >= 11 is 0. The molecule has 0 spiro atoms. The molecule has 1 aromatic heterocycles. The highest BCUT2D eigenvalue weighted by atomic mass is 15.3. The van der Waals surface area contributed by atoms with Gasteiger partial charge in [-0.05, 0) is 24.7 Å². The topological polar surface area (TPSA) is 55.9 Å². The Labute approximate surface area is 104 Å². The number of nitrogens with two attached hydrogens (primary N) is 1. The van der Waals surface area contributed by atoms with Crippen molar-refractivity contribution in [2.24, 2.45) is 11.3 Å². The minimum Gasteiger partial charge on any atom is -0.334 e. The second-order valence-corrected chi connectivity index (χ2v) is 5.44. The maximum absolute atomic E-state index is 5.79. The predicted molar refractivity (Wildman–Crippen MR) is 69.2 cm³/mol. The molecule has 1 aliphatic carbocycles. The summed E-state index contributed by atoms with van der Waals surface area (Å²) in [5.74, 6) is 6.89. The Morgan fingerprint density at radius 2 is 2.24 bits per heavy atom. The molecule has 4 heteroatoms. The number of hydrogen-bond donors (Lipinski definition) is 2. The lowest BCUT2D eigenvalue weighted by atomic mass is 9.80. The first kappa shape index (κ1) is 12.6. The first-order valence-electron chi connectivity index (χ1n) is 6.68. The highest BCUT2D eigenvalue weighted by Crippen LogP contribution is 2.46. The van der Waals surface area contributed by atoms with E-state index in [0.29, 0.717) is 0 Å². The quantitative estimate of drug-likeness (QED) is 0.609. The van der Waals surface area contributed by atoms with E-state index >= 15 is 0 Å². The van der Waals surface area contributed by atoms with Gasteiger partial charge in [-0.3, -0.25) is 5.84 Å². The predicted octanol–water partition coefficient (Wildman–Crippen LogP) is 2.38. The highest BCUT2D eigenvalue weighted by molar-refractivity contribution is 5.06. The van der Waals surface area contributed by atoms with Crippen LogP contribution in [0.2, 0.25) is 0 Å². The molecular weight excluding hydrogens is 212 g/mol. The van der Waals surface area contributed by atoms with Gasteiger partial charge in [0.1, 0.15) is 5.82 Å². The van der Waals surface area contributed by atoms with Crippen LogP contribution < -0.4 is 11.3 Å². The van der Waals surface area contributed by atoms with Crippen molar-refractivity contribution in [3.63, 3.8) is 0 Å². The third kappa shape index (κ3) is 2.38. The van der Waals surface area contributed by atoms with Gasteiger partial charge in [-0.2, -0.15) is 0 Å². The van der Waals surface area contributed by atoms with Crippen molar-refractivity contribution in [2.45, 2.75) is 58.5 Å². The van der Waals surface area contributed by atoms with Gasteiger partial charge in [0.25, 0.3) is 0 Å². The number of rotatable bonds is 5. The maximum atomic E-state index is 5.79. The molecular formula is C13H24N4. The van der Waals surface area contributed by atoms with E-state index in [9.17, 15) is 0 Å². The molecule has 1 aromatic rings. The zero-order chi connectivity index (χ0) is 12.3. The monoisotopic (exact) mass is 236 g/mol. The van der Waals surface area contributed by atoms with Crippen LogP contribution in [0.15, 0.2) is 12.4 Å². The molecule has 0 aliphatic heterocycles. The van der Waals surface area contributed by atoms with E-state index in [-0.39, 0.29) is 11.5 Å². The lowest BCUT2D eigenvalue weighted by molar-refractivity contribution is 0.211. The van der Waals surface area contributed by atoms with Crippen LogP contribution in [-0.4, -0.2) is 9.55 Å². The van der Waals surface area contributed by atoms with Gasteiger partial charge in [0, 0.05) is 18.9 Å². The van der Waals surface area contributed by atoms with E-state index in [2.05, 4.69) is 35.0 Å². The second kappa shape index (κ2) is 5.19. The van der Waals surface area contributed by atoms with E-state index in [0.717, 1.165) is 18.8 Å². The van der Waals surface area contributed by atoms with Gasteiger partial charge in [0.05, 0.1) is 6.04 Å². The van der Waals surface area contributed by atoms with Crippen LogP contribution in [0.5, 0.6) is 0 Å². The molecule has 1 unspecified atom stereocenters. The molecule has 2 rings (SSSR count). The summed E-state index contributed by atoms with van der Waals surface area (Å²) in [5.41, 5.74) is 3.26. The SMILES string of the molecule is CCCn1ccnc1C(NN)C1(C)CCCC1. The van der Waals surface area contributed by atoms with Gasteiger partial charge in [0.15, 0.2) is 0 Å². The Kier molecular flexibility index (Phi) is 3.84. The van der Waals surface area contributed by atoms with Crippen LogP contribution >= 0.6 is 0 Å². The largest absolute Gasteiger partial charge is 0.334 e. The average Bonchev–Trinajstić information content (AvgIpc) is 2.91. The number of imidazole rings is 1. The number of aromatic nitrogens is 2. The lowest BCUT2D eigenvalue weighted by Crippen LogP contribution is -2.40. The number of nitrogens with one attached hydrogen (secondary N) is 1. The Morgan fingerprint density at radius 3 is 2.82 bits per heavy atom. The zero-order valence-electron chi connectivity index (χ0n) is 10.9. The Bertz CT molecular complexity index is 352. The van der Waals surface area contributed by atoms with Crippen molar-refractivity contribution in [2.75, 3.05) is 0 Å². The smallest absolute Gasteiger partial charge is 0.127 e. The van der Waals surface area contributed by atoms with Crippen molar-refractivity contribution in [1.82, 2.24) is 15.0 Å². The Hall–Kier alpha value is -0.870. The van der Waals surface area contributed by atoms with E-state index in [1.807, 2.05) is 6.20 Å². The molecule has 0 amide bonds. The maximum Gasteiger partial charge on any atom is 0.127 e. The molecule has 0 saturated heterocycles. The van der Waals surface area contributed by atoms with E-state index < -0.39 is 0 Å². The average molecular weight is 236 g/mol. The minimum atomic E-state index is 0.173. The first-order chi connectivity index (χ1) is 8.21. The number of nitrogens with zero attached hydrogens (tertiary/aromatic N) is 2. The lowest BCUT2D eigenvalue weighted by Gasteiger charge is -2.33. The molecule has 1 aliphatic rings. The molecule has 0 aromatic carbocycles. The van der Waals surface area contributed by atoms with Gasteiger partial charge in [-0.1, -0.05) is 26.7 Å². The molecule has 17 heavy (non-hydrogen) atoms. The highest BCUT2D eigenvalue weighted by Gasteiger charge is 2.39. The molecule has 1 atom stereocenters. The van der Waals surface area contributed by atoms with Gasteiger partial charge < -0.3 is 4.57 Å². The van der Waals surface area contributed by atoms with Crippen molar-refractivity contribution in [1.29, 1.82) is 0 Å². The summed E-state index contributed by atoms with van der Waals surface area (Å²) < 4.78 is 2.23. The van der Waals surface area contributed by atoms with Gasteiger partial charge >= 0.3 is 0 Å². The summed E-state index contributed by atoms with van der Waals surface area (Å²) in [6, 6.07) is 0.173. The van der Waals surface area contributed by atoms with Crippen molar-refractivity contribution in [3.8, 4) is 0 Å². The number of hydrazine groups is 1. The van der Waals surface area contributed by atoms with Crippen molar-refractivity contribution < 1.29 is 0 Å². The number of aryl methyl sites for hydroxylation is 1. The normalized spacial score (nSPS) is 20.6. The Morgan fingerprint density at radius 1 is 1.53 bits per heavy atom. The molecule has 1 saturated carbocycles. The van der Waals surface area contributed by atoms with Crippen LogP contribution in [0.25, 0.3) is 0 Å². The first-order valence-corrected chi connectivity index (χ1v) is 6.68. The number of hydrogen-bond acceptors (Lipinski definition) is 3. The molecule has 4 nitrogen and oxygen atoms in total. The molecule has 3 N–H and O–H groups in total. The van der Waals surface area contributed by atoms with E-state index in [1.165, 1.54) is 25.7 Å². The van der Waals surface area contributed by atoms with Crippen LogP contribution in [0.3, 0.4) is 0 Å². The Balaban J connectivity index is 2.25. The molecule has 1 heterocycles. The summed E-state index contributed by atoms with van der Waals surface area (Å²) in [6.07, 6.45) is 10.2. The fourth-order valence-corrected chi connectivity index (χ4v) is 3.07. The fourth-order valence-electron chi connectivity index (χ4n) is 3.07. The third-order valence-corrected chi connectivity index (χ3v) is 4.08. The van der Waals surface area contributed by atoms with Crippen molar-refractivity contribution in [3.05, 3.63) is 18.2 Å². The zero-order valence-corrected chi connectivity index (χ0v) is 10.9. The van der Waals surface area contributed by atoms with Gasteiger partial charge in [-0.15, -0.1) is 0 Å². The van der Waals surface area contributed by atoms with Gasteiger partial charge in [0.2, 0.25) is 0 Å². The molecule has 0 radical (unpaired) electrons. The minimum absolute atomic E-state index is 0.173. The van der Waals surface area contributed by atoms with Gasteiger partial charge in [-0.25, -0.2) is 10.4 Å². The third-order valence-electron chi connectivity index (χ3n) is 4.08. The second-order valence-electron chi connectivity index (χ2n) is 5.44. The van der Waals surface area contributed by atoms with Crippen LogP contribution in [0.4, 0.5) is 0 Å². The van der Waals surface area contributed by atoms with Crippen LogP contribution in [0, 0.1) is 5.41 Å². The van der Waals surface area contributed by atoms with Crippen LogP contribution in [0.1, 0.15) is 57.8 Å². The summed E-state index contributed by atoms with van der Waals surface area (Å²) in [7, 11) is 0. The van der Waals surface area contributed by atoms with E-state index in [1.54, 1.807) is 0 Å². The van der Waals surface area contributed by atoms with E-state index in [4.69, 9.17) is 5.84 Å². The molecule has 96 valence electrons. The summed E-state index contributed by atoms with van der Waals surface area (Å²) in [6.45, 7) is 5.53. The fraction of sp³-hybridized carbons (Fsp3) is 0.769.